The summed E-state index contributed by atoms with van der Waals surface area (Å²) in [5, 5.41) is 4.75. The molecule has 7 heteroatoms. The number of para-hydroxylation sites is 1. The highest BCUT2D eigenvalue weighted by molar-refractivity contribution is 6.31. The second kappa shape index (κ2) is 9.85. The maximum Gasteiger partial charge on any atom is 0.252 e. The highest BCUT2D eigenvalue weighted by Gasteiger charge is 2.21. The Morgan fingerprint density at radius 2 is 1.88 bits per heavy atom. The van der Waals surface area contributed by atoms with Gasteiger partial charge in [-0.15, -0.1) is 0 Å². The first-order valence-electron chi connectivity index (χ1n) is 10.4. The smallest absolute Gasteiger partial charge is 0.252 e. The van der Waals surface area contributed by atoms with Crippen molar-refractivity contribution in [3.8, 4) is 0 Å². The average molecular weight is 450 g/mol. The first-order valence-corrected chi connectivity index (χ1v) is 10.7. The number of amides is 1. The van der Waals surface area contributed by atoms with Crippen LogP contribution in [0.5, 0.6) is 0 Å². The lowest BCUT2D eigenvalue weighted by molar-refractivity contribution is 0.0951. The highest BCUT2D eigenvalue weighted by Crippen LogP contribution is 2.34. The number of hydrogen-bond donors (Lipinski definition) is 2. The third kappa shape index (κ3) is 4.61. The van der Waals surface area contributed by atoms with E-state index < -0.39 is 0 Å². The Hall–Kier alpha value is -3.35. The van der Waals surface area contributed by atoms with Crippen LogP contribution >= 0.6 is 11.6 Å². The molecule has 0 saturated heterocycles. The number of rotatable bonds is 8. The SMILES string of the molecule is COCCn1cc(C(=O)NCC(c2ccccc2Cl)c2c[nH]c3ccccc23)ccc1=O. The molecule has 2 aromatic heterocycles. The van der Waals surface area contributed by atoms with E-state index >= 15 is 0 Å². The van der Waals surface area contributed by atoms with Crippen molar-refractivity contribution in [1.82, 2.24) is 14.9 Å². The number of halogens is 1. The van der Waals surface area contributed by atoms with E-state index in [0.29, 0.717) is 30.3 Å². The lowest BCUT2D eigenvalue weighted by atomic mass is 9.90. The molecule has 0 spiro atoms. The molecule has 4 aromatic rings. The lowest BCUT2D eigenvalue weighted by Crippen LogP contribution is -2.30. The fourth-order valence-electron chi connectivity index (χ4n) is 3.85. The van der Waals surface area contributed by atoms with Gasteiger partial charge in [-0.2, -0.15) is 0 Å². The van der Waals surface area contributed by atoms with Crippen molar-refractivity contribution in [1.29, 1.82) is 0 Å². The highest BCUT2D eigenvalue weighted by atomic mass is 35.5. The fourth-order valence-corrected chi connectivity index (χ4v) is 4.12. The molecule has 32 heavy (non-hydrogen) atoms. The summed E-state index contributed by atoms with van der Waals surface area (Å²) >= 11 is 6.53. The van der Waals surface area contributed by atoms with Gasteiger partial charge in [-0.05, 0) is 29.3 Å². The summed E-state index contributed by atoms with van der Waals surface area (Å²) in [6, 6.07) is 18.6. The number of hydrogen-bond acceptors (Lipinski definition) is 3. The van der Waals surface area contributed by atoms with Crippen LogP contribution in [0.25, 0.3) is 10.9 Å². The van der Waals surface area contributed by atoms with Gasteiger partial charge in [0.1, 0.15) is 0 Å². The maximum atomic E-state index is 12.9. The van der Waals surface area contributed by atoms with Gasteiger partial charge < -0.3 is 19.6 Å². The summed E-state index contributed by atoms with van der Waals surface area (Å²) in [5.74, 6) is -0.406. The van der Waals surface area contributed by atoms with E-state index in [1.807, 2.05) is 48.7 Å². The third-order valence-electron chi connectivity index (χ3n) is 5.53. The summed E-state index contributed by atoms with van der Waals surface area (Å²) in [5.41, 5.74) is 3.25. The zero-order chi connectivity index (χ0) is 22.5. The van der Waals surface area contributed by atoms with Gasteiger partial charge in [0.15, 0.2) is 0 Å². The van der Waals surface area contributed by atoms with Crippen LogP contribution in [0.3, 0.4) is 0 Å². The van der Waals surface area contributed by atoms with Crippen LogP contribution in [0.15, 0.2) is 77.9 Å². The number of nitrogens with zero attached hydrogens (tertiary/aromatic N) is 1. The molecule has 0 aliphatic carbocycles. The molecule has 6 nitrogen and oxygen atoms in total. The van der Waals surface area contributed by atoms with Crippen molar-refractivity contribution in [3.63, 3.8) is 0 Å². The van der Waals surface area contributed by atoms with E-state index in [9.17, 15) is 9.59 Å². The first-order chi connectivity index (χ1) is 15.6. The van der Waals surface area contributed by atoms with Crippen molar-refractivity contribution in [2.45, 2.75) is 12.5 Å². The number of benzene rings is 2. The van der Waals surface area contributed by atoms with Crippen LogP contribution in [0.2, 0.25) is 5.02 Å². The fraction of sp³-hybridized carbons (Fsp3) is 0.200. The largest absolute Gasteiger partial charge is 0.383 e. The minimum Gasteiger partial charge on any atom is -0.383 e. The number of ether oxygens (including phenoxy) is 1. The van der Waals surface area contributed by atoms with E-state index in [0.717, 1.165) is 22.0 Å². The van der Waals surface area contributed by atoms with E-state index in [4.69, 9.17) is 16.3 Å². The first kappa shape index (κ1) is 21.9. The Balaban J connectivity index is 1.62. The minimum atomic E-state index is -0.256. The molecule has 4 rings (SSSR count). The van der Waals surface area contributed by atoms with Gasteiger partial charge in [0.25, 0.3) is 11.5 Å². The zero-order valence-electron chi connectivity index (χ0n) is 17.7. The van der Waals surface area contributed by atoms with Crippen LogP contribution in [0, 0.1) is 0 Å². The molecule has 0 bridgehead atoms. The zero-order valence-corrected chi connectivity index (χ0v) is 18.4. The molecular weight excluding hydrogens is 426 g/mol. The molecule has 1 unspecified atom stereocenters. The Morgan fingerprint density at radius 3 is 2.69 bits per heavy atom. The van der Waals surface area contributed by atoms with Gasteiger partial charge in [0, 0.05) is 60.5 Å². The van der Waals surface area contributed by atoms with E-state index in [1.165, 1.54) is 16.7 Å². The van der Waals surface area contributed by atoms with Crippen LogP contribution in [-0.2, 0) is 11.3 Å². The summed E-state index contributed by atoms with van der Waals surface area (Å²) in [7, 11) is 1.57. The Labute approximate surface area is 190 Å². The van der Waals surface area contributed by atoms with Gasteiger partial charge in [0.2, 0.25) is 0 Å². The topological polar surface area (TPSA) is 76.1 Å². The Bertz CT molecular complexity index is 1290. The van der Waals surface area contributed by atoms with E-state index in [-0.39, 0.29) is 17.4 Å². The van der Waals surface area contributed by atoms with Gasteiger partial charge in [-0.25, -0.2) is 0 Å². The Kier molecular flexibility index (Phi) is 6.73. The molecule has 2 N–H and O–H groups in total. The predicted octanol–water partition coefficient (Wildman–Crippen LogP) is 4.19. The van der Waals surface area contributed by atoms with E-state index in [1.54, 1.807) is 13.3 Å². The van der Waals surface area contributed by atoms with Crippen molar-refractivity contribution < 1.29 is 9.53 Å². The summed E-state index contributed by atoms with van der Waals surface area (Å²) in [4.78, 5) is 28.3. The number of H-pyrrole nitrogens is 1. The van der Waals surface area contributed by atoms with Gasteiger partial charge in [-0.3, -0.25) is 9.59 Å². The average Bonchev–Trinajstić information content (AvgIpc) is 3.23. The molecule has 0 saturated carbocycles. The third-order valence-corrected chi connectivity index (χ3v) is 5.87. The van der Waals surface area contributed by atoms with Gasteiger partial charge >= 0.3 is 0 Å². The molecule has 164 valence electrons. The second-order valence-corrected chi connectivity index (χ2v) is 7.92. The van der Waals surface area contributed by atoms with Crippen molar-refractivity contribution in [3.05, 3.63) is 105 Å². The normalized spacial score (nSPS) is 12.1. The summed E-state index contributed by atoms with van der Waals surface area (Å²) in [6.07, 6.45) is 3.53. The Morgan fingerprint density at radius 1 is 1.09 bits per heavy atom. The summed E-state index contributed by atoms with van der Waals surface area (Å²) < 4.78 is 6.52. The number of methoxy groups -OCH3 is 1. The number of aromatic amines is 1. The van der Waals surface area contributed by atoms with Crippen molar-refractivity contribution in [2.75, 3.05) is 20.3 Å². The maximum absolute atomic E-state index is 12.9. The minimum absolute atomic E-state index is 0.150. The molecule has 0 radical (unpaired) electrons. The van der Waals surface area contributed by atoms with Crippen molar-refractivity contribution in [2.24, 2.45) is 0 Å². The van der Waals surface area contributed by atoms with Crippen LogP contribution in [0.1, 0.15) is 27.4 Å². The standard InChI is InChI=1S/C25H24ClN3O3/c1-32-13-12-29-16-17(10-11-24(29)30)25(31)28-15-20(18-6-2-4-8-22(18)26)21-14-27-23-9-5-3-7-19(21)23/h2-11,14,16,20,27H,12-13,15H2,1H3,(H,28,31). The van der Waals surface area contributed by atoms with Crippen LogP contribution < -0.4 is 10.9 Å². The van der Waals surface area contributed by atoms with Crippen LogP contribution in [-0.4, -0.2) is 35.7 Å². The molecule has 0 aliphatic rings. The molecule has 1 atom stereocenters. The quantitative estimate of drug-likeness (QED) is 0.423. The number of carbonyl (C=O) groups excluding carboxylic acids is 1. The van der Waals surface area contributed by atoms with E-state index in [2.05, 4.69) is 16.4 Å². The number of pyridine rings is 1. The van der Waals surface area contributed by atoms with Gasteiger partial charge in [0.05, 0.1) is 12.2 Å². The van der Waals surface area contributed by atoms with Crippen LogP contribution in [0.4, 0.5) is 0 Å². The molecule has 2 heterocycles. The second-order valence-electron chi connectivity index (χ2n) is 7.52. The summed E-state index contributed by atoms with van der Waals surface area (Å²) in [6.45, 7) is 1.12. The lowest BCUT2D eigenvalue weighted by Gasteiger charge is -2.19. The number of nitrogens with one attached hydrogen (secondary N) is 2. The molecule has 2 aromatic carbocycles. The number of fused-ring (bicyclic) bond motifs is 1. The van der Waals surface area contributed by atoms with Gasteiger partial charge in [-0.1, -0.05) is 48.0 Å². The monoisotopic (exact) mass is 449 g/mol. The molecular formula is C25H24ClN3O3. The number of carbonyl (C=O) groups is 1. The predicted molar refractivity (Wildman–Crippen MR) is 127 cm³/mol. The molecule has 1 amide bonds. The van der Waals surface area contributed by atoms with Crippen molar-refractivity contribution >= 4 is 28.4 Å². The molecule has 0 aliphatic heterocycles. The number of aromatic nitrogens is 2. The molecule has 0 fully saturated rings.